The average Bonchev–Trinajstić information content (AvgIpc) is 2.52. The van der Waals surface area contributed by atoms with E-state index in [4.69, 9.17) is 0 Å². The second-order valence-electron chi connectivity index (χ2n) is 3.58. The van der Waals surface area contributed by atoms with E-state index in [-0.39, 0.29) is 0 Å². The van der Waals surface area contributed by atoms with E-state index in [0.29, 0.717) is 0 Å². The lowest BCUT2D eigenvalue weighted by atomic mass is 9.89. The number of aliphatic hydroxyl groups is 1. The Morgan fingerprint density at radius 3 is 2.54 bits per heavy atom. The van der Waals surface area contributed by atoms with Crippen LogP contribution in [-0.2, 0) is 5.60 Å². The molecule has 0 bridgehead atoms. The molecule has 2 heteroatoms. The van der Waals surface area contributed by atoms with Crippen LogP contribution in [0.5, 0.6) is 0 Å². The van der Waals surface area contributed by atoms with Gasteiger partial charge < -0.3 is 5.11 Å². The van der Waals surface area contributed by atoms with Gasteiger partial charge in [-0.1, -0.05) is 20.3 Å². The van der Waals surface area contributed by atoms with E-state index in [1.807, 2.05) is 6.92 Å². The van der Waals surface area contributed by atoms with Crippen molar-refractivity contribution < 1.29 is 5.11 Å². The Morgan fingerprint density at radius 1 is 1.46 bits per heavy atom. The molecule has 0 aliphatic carbocycles. The summed E-state index contributed by atoms with van der Waals surface area (Å²) in [6, 6.07) is 2.10. The highest BCUT2D eigenvalue weighted by atomic mass is 32.1. The van der Waals surface area contributed by atoms with Crippen LogP contribution in [0.3, 0.4) is 0 Å². The Morgan fingerprint density at radius 2 is 2.15 bits per heavy atom. The molecule has 1 atom stereocenters. The molecule has 74 valence electrons. The minimum absolute atomic E-state index is 0.584. The highest BCUT2D eigenvalue weighted by Gasteiger charge is 2.26. The van der Waals surface area contributed by atoms with Crippen molar-refractivity contribution in [2.45, 2.75) is 45.6 Å². The average molecular weight is 198 g/mol. The van der Waals surface area contributed by atoms with Gasteiger partial charge in [-0.3, -0.25) is 0 Å². The van der Waals surface area contributed by atoms with E-state index in [2.05, 4.69) is 25.3 Å². The molecule has 0 fully saturated rings. The van der Waals surface area contributed by atoms with Crippen molar-refractivity contribution in [2.75, 3.05) is 0 Å². The van der Waals surface area contributed by atoms with Gasteiger partial charge in [-0.2, -0.15) is 0 Å². The predicted molar refractivity (Wildman–Crippen MR) is 58.2 cm³/mol. The fraction of sp³-hybridized carbons (Fsp3) is 0.636. The molecule has 0 saturated heterocycles. The number of hydrogen-bond donors (Lipinski definition) is 1. The molecule has 0 aliphatic heterocycles. The maximum absolute atomic E-state index is 10.3. The van der Waals surface area contributed by atoms with E-state index in [1.165, 1.54) is 4.88 Å². The van der Waals surface area contributed by atoms with Gasteiger partial charge in [-0.05, 0) is 36.8 Å². The Kier molecular flexibility index (Phi) is 3.51. The second kappa shape index (κ2) is 4.25. The molecule has 1 aromatic heterocycles. The quantitative estimate of drug-likeness (QED) is 0.785. The SMILES string of the molecule is CCCC(O)(CC)c1csc(C)c1. The highest BCUT2D eigenvalue weighted by Crippen LogP contribution is 2.32. The van der Waals surface area contributed by atoms with Gasteiger partial charge in [0.15, 0.2) is 0 Å². The van der Waals surface area contributed by atoms with Crippen molar-refractivity contribution in [3.05, 3.63) is 21.9 Å². The largest absolute Gasteiger partial charge is 0.385 e. The first kappa shape index (κ1) is 10.7. The molecule has 1 aromatic rings. The zero-order valence-electron chi connectivity index (χ0n) is 8.63. The van der Waals surface area contributed by atoms with Gasteiger partial charge in [0.2, 0.25) is 0 Å². The van der Waals surface area contributed by atoms with Crippen LogP contribution in [-0.4, -0.2) is 5.11 Å². The molecule has 0 saturated carbocycles. The van der Waals surface area contributed by atoms with Crippen LogP contribution in [0, 0.1) is 6.92 Å². The first-order valence-electron chi connectivity index (χ1n) is 4.90. The molecule has 1 rings (SSSR count). The molecular weight excluding hydrogens is 180 g/mol. The molecule has 0 aromatic carbocycles. The molecular formula is C11H18OS. The van der Waals surface area contributed by atoms with Crippen LogP contribution in [0.15, 0.2) is 11.4 Å². The summed E-state index contributed by atoms with van der Waals surface area (Å²) in [5.41, 5.74) is 0.513. The molecule has 0 aliphatic rings. The Balaban J connectivity index is 2.88. The molecule has 1 N–H and O–H groups in total. The zero-order chi connectivity index (χ0) is 9.90. The van der Waals surface area contributed by atoms with Gasteiger partial charge in [0.05, 0.1) is 5.60 Å². The van der Waals surface area contributed by atoms with Gasteiger partial charge in [0.25, 0.3) is 0 Å². The number of thiophene rings is 1. The lowest BCUT2D eigenvalue weighted by Gasteiger charge is -2.25. The molecule has 0 amide bonds. The molecule has 0 radical (unpaired) electrons. The van der Waals surface area contributed by atoms with Crippen molar-refractivity contribution in [2.24, 2.45) is 0 Å². The maximum atomic E-state index is 10.3. The summed E-state index contributed by atoms with van der Waals surface area (Å²) >= 11 is 1.71. The smallest absolute Gasteiger partial charge is 0.0902 e. The summed E-state index contributed by atoms with van der Waals surface area (Å²) in [7, 11) is 0. The lowest BCUT2D eigenvalue weighted by Crippen LogP contribution is -2.23. The standard InChI is InChI=1S/C11H18OS/c1-4-6-11(12,5-2)10-7-9(3)13-8-10/h7-8,12H,4-6H2,1-3H3. The maximum Gasteiger partial charge on any atom is 0.0902 e. The number of rotatable bonds is 4. The number of aryl methyl sites for hydroxylation is 1. The summed E-state index contributed by atoms with van der Waals surface area (Å²) in [5.74, 6) is 0. The summed E-state index contributed by atoms with van der Waals surface area (Å²) in [5, 5.41) is 12.4. The summed E-state index contributed by atoms with van der Waals surface area (Å²) in [4.78, 5) is 1.28. The Hall–Kier alpha value is -0.340. The topological polar surface area (TPSA) is 20.2 Å². The molecule has 0 spiro atoms. The van der Waals surface area contributed by atoms with Gasteiger partial charge in [-0.25, -0.2) is 0 Å². The summed E-state index contributed by atoms with van der Waals surface area (Å²) in [6.07, 6.45) is 2.69. The van der Waals surface area contributed by atoms with Crippen molar-refractivity contribution in [3.63, 3.8) is 0 Å². The first-order chi connectivity index (χ1) is 6.12. The van der Waals surface area contributed by atoms with Crippen LogP contribution in [0.1, 0.15) is 43.6 Å². The normalized spacial score (nSPS) is 15.7. The zero-order valence-corrected chi connectivity index (χ0v) is 9.45. The molecule has 1 unspecified atom stereocenters. The van der Waals surface area contributed by atoms with Crippen LogP contribution < -0.4 is 0 Å². The van der Waals surface area contributed by atoms with E-state index >= 15 is 0 Å². The molecule has 13 heavy (non-hydrogen) atoms. The summed E-state index contributed by atoms with van der Waals surface area (Å²) in [6.45, 7) is 6.23. The van der Waals surface area contributed by atoms with Gasteiger partial charge in [-0.15, -0.1) is 11.3 Å². The fourth-order valence-electron chi connectivity index (χ4n) is 1.63. The van der Waals surface area contributed by atoms with E-state index < -0.39 is 5.60 Å². The third-order valence-electron chi connectivity index (χ3n) is 2.52. The Labute approximate surface area is 84.4 Å². The molecule has 1 heterocycles. The Bertz CT molecular complexity index is 267. The van der Waals surface area contributed by atoms with Gasteiger partial charge >= 0.3 is 0 Å². The third-order valence-corrected chi connectivity index (χ3v) is 3.38. The third kappa shape index (κ3) is 2.32. The van der Waals surface area contributed by atoms with Crippen LogP contribution >= 0.6 is 11.3 Å². The highest BCUT2D eigenvalue weighted by molar-refractivity contribution is 7.10. The van der Waals surface area contributed by atoms with Crippen molar-refractivity contribution in [3.8, 4) is 0 Å². The monoisotopic (exact) mass is 198 g/mol. The minimum Gasteiger partial charge on any atom is -0.385 e. The van der Waals surface area contributed by atoms with Crippen molar-refractivity contribution >= 4 is 11.3 Å². The fourth-order valence-corrected chi connectivity index (χ4v) is 2.42. The number of hydrogen-bond acceptors (Lipinski definition) is 2. The predicted octanol–water partition coefficient (Wildman–Crippen LogP) is 3.45. The second-order valence-corrected chi connectivity index (χ2v) is 4.70. The van der Waals surface area contributed by atoms with E-state index in [0.717, 1.165) is 24.8 Å². The molecule has 1 nitrogen and oxygen atoms in total. The van der Waals surface area contributed by atoms with Crippen molar-refractivity contribution in [1.29, 1.82) is 0 Å². The van der Waals surface area contributed by atoms with E-state index in [9.17, 15) is 5.11 Å². The van der Waals surface area contributed by atoms with Crippen LogP contribution in [0.25, 0.3) is 0 Å². The van der Waals surface area contributed by atoms with Crippen LogP contribution in [0.4, 0.5) is 0 Å². The first-order valence-corrected chi connectivity index (χ1v) is 5.78. The van der Waals surface area contributed by atoms with Crippen molar-refractivity contribution in [1.82, 2.24) is 0 Å². The summed E-state index contributed by atoms with van der Waals surface area (Å²) < 4.78 is 0. The lowest BCUT2D eigenvalue weighted by molar-refractivity contribution is 0.0230. The van der Waals surface area contributed by atoms with Crippen LogP contribution in [0.2, 0.25) is 0 Å². The van der Waals surface area contributed by atoms with E-state index in [1.54, 1.807) is 11.3 Å². The van der Waals surface area contributed by atoms with Gasteiger partial charge in [0.1, 0.15) is 0 Å². The minimum atomic E-state index is -0.584. The van der Waals surface area contributed by atoms with Gasteiger partial charge in [0, 0.05) is 4.88 Å².